The largest absolute Gasteiger partial charge is 0.391 e. The van der Waals surface area contributed by atoms with Crippen LogP contribution in [0.15, 0.2) is 18.2 Å². The third-order valence-electron chi connectivity index (χ3n) is 2.00. The highest BCUT2D eigenvalue weighted by atomic mass is 35.5. The van der Waals surface area contributed by atoms with Crippen LogP contribution in [-0.2, 0) is 6.42 Å². The van der Waals surface area contributed by atoms with Crippen LogP contribution in [0, 0.1) is 5.82 Å². The third kappa shape index (κ3) is 2.94. The summed E-state index contributed by atoms with van der Waals surface area (Å²) in [5, 5.41) is 18.7. The normalized spacial score (nSPS) is 15.2. The van der Waals surface area contributed by atoms with Crippen molar-refractivity contribution in [3.8, 4) is 0 Å². The van der Waals surface area contributed by atoms with Gasteiger partial charge in [-0.3, -0.25) is 0 Å². The topological polar surface area (TPSA) is 40.5 Å². The van der Waals surface area contributed by atoms with Crippen LogP contribution in [0.25, 0.3) is 0 Å². The van der Waals surface area contributed by atoms with Crippen molar-refractivity contribution < 1.29 is 14.6 Å². The zero-order valence-corrected chi connectivity index (χ0v) is 8.50. The van der Waals surface area contributed by atoms with E-state index in [1.807, 2.05) is 0 Å². The van der Waals surface area contributed by atoms with Crippen molar-refractivity contribution in [3.63, 3.8) is 0 Å². The minimum atomic E-state index is -0.953. The maximum Gasteiger partial charge on any atom is 0.127 e. The minimum absolute atomic E-state index is 0.0840. The third-order valence-corrected chi connectivity index (χ3v) is 2.24. The molecule has 0 aliphatic carbocycles. The van der Waals surface area contributed by atoms with Gasteiger partial charge in [0.25, 0.3) is 0 Å². The van der Waals surface area contributed by atoms with E-state index >= 15 is 0 Å². The summed E-state index contributed by atoms with van der Waals surface area (Å²) in [5.41, 5.74) is 0.350. The fourth-order valence-corrected chi connectivity index (χ4v) is 1.24. The van der Waals surface area contributed by atoms with Crippen LogP contribution in [0.3, 0.4) is 0 Å². The molecule has 0 fully saturated rings. The summed E-state index contributed by atoms with van der Waals surface area (Å²) in [6, 6.07) is 4.24. The number of hydrogen-bond acceptors (Lipinski definition) is 2. The van der Waals surface area contributed by atoms with Crippen LogP contribution in [0.2, 0.25) is 5.02 Å². The minimum Gasteiger partial charge on any atom is -0.391 e. The molecule has 2 nitrogen and oxygen atoms in total. The molecule has 0 amide bonds. The molecule has 1 aromatic rings. The summed E-state index contributed by atoms with van der Waals surface area (Å²) in [4.78, 5) is 0. The van der Waals surface area contributed by atoms with Gasteiger partial charge in [0, 0.05) is 11.4 Å². The number of halogens is 2. The van der Waals surface area contributed by atoms with Gasteiger partial charge >= 0.3 is 0 Å². The first-order chi connectivity index (χ1) is 6.50. The van der Waals surface area contributed by atoms with Crippen molar-refractivity contribution in [2.75, 3.05) is 0 Å². The molecule has 78 valence electrons. The quantitative estimate of drug-likeness (QED) is 0.812. The van der Waals surface area contributed by atoms with Crippen molar-refractivity contribution in [3.05, 3.63) is 34.6 Å². The molecule has 0 aromatic heterocycles. The lowest BCUT2D eigenvalue weighted by Gasteiger charge is -2.13. The van der Waals surface area contributed by atoms with Crippen LogP contribution in [0.4, 0.5) is 4.39 Å². The second kappa shape index (κ2) is 4.73. The standard InChI is InChI=1S/C10H12ClFO2/c1-6(13)10(14)4-7-2-3-8(11)5-9(7)12/h2-3,5-6,10,13-14H,4H2,1H3. The molecule has 0 aliphatic heterocycles. The van der Waals surface area contributed by atoms with Crippen molar-refractivity contribution in [1.29, 1.82) is 0 Å². The zero-order valence-electron chi connectivity index (χ0n) is 7.74. The first-order valence-corrected chi connectivity index (χ1v) is 4.68. The van der Waals surface area contributed by atoms with E-state index < -0.39 is 18.0 Å². The number of rotatable bonds is 3. The van der Waals surface area contributed by atoms with E-state index in [1.54, 1.807) is 6.07 Å². The van der Waals surface area contributed by atoms with Gasteiger partial charge in [0.2, 0.25) is 0 Å². The monoisotopic (exact) mass is 218 g/mol. The van der Waals surface area contributed by atoms with E-state index in [0.717, 1.165) is 0 Å². The van der Waals surface area contributed by atoms with Gasteiger partial charge in [-0.1, -0.05) is 17.7 Å². The van der Waals surface area contributed by atoms with E-state index in [0.29, 0.717) is 10.6 Å². The molecule has 14 heavy (non-hydrogen) atoms. The van der Waals surface area contributed by atoms with E-state index in [9.17, 15) is 9.50 Å². The molecule has 0 spiro atoms. The van der Waals surface area contributed by atoms with Gasteiger partial charge < -0.3 is 10.2 Å². The Hall–Kier alpha value is -0.640. The Bertz CT molecular complexity index is 315. The van der Waals surface area contributed by atoms with E-state index in [-0.39, 0.29) is 6.42 Å². The molecule has 2 N–H and O–H groups in total. The summed E-state index contributed by atoms with van der Waals surface area (Å²) >= 11 is 5.56. The Morgan fingerprint density at radius 2 is 2.07 bits per heavy atom. The van der Waals surface area contributed by atoms with Crippen LogP contribution in [0.5, 0.6) is 0 Å². The SMILES string of the molecule is CC(O)C(O)Cc1ccc(Cl)cc1F. The van der Waals surface area contributed by atoms with Gasteiger partial charge in [-0.2, -0.15) is 0 Å². The van der Waals surface area contributed by atoms with Crippen LogP contribution >= 0.6 is 11.6 Å². The van der Waals surface area contributed by atoms with Crippen molar-refractivity contribution in [2.24, 2.45) is 0 Å². The molecule has 0 saturated carbocycles. The Balaban J connectivity index is 2.77. The lowest BCUT2D eigenvalue weighted by molar-refractivity contribution is 0.0315. The molecule has 1 aromatic carbocycles. The Morgan fingerprint density at radius 1 is 1.43 bits per heavy atom. The maximum atomic E-state index is 13.2. The predicted octanol–water partition coefficient (Wildman–Crippen LogP) is 1.76. The molecule has 2 unspecified atom stereocenters. The Morgan fingerprint density at radius 3 is 2.57 bits per heavy atom. The smallest absolute Gasteiger partial charge is 0.127 e. The number of hydrogen-bond donors (Lipinski definition) is 2. The van der Waals surface area contributed by atoms with Crippen molar-refractivity contribution in [1.82, 2.24) is 0 Å². The molecule has 0 saturated heterocycles. The number of aliphatic hydroxyl groups is 2. The fourth-order valence-electron chi connectivity index (χ4n) is 1.08. The highest BCUT2D eigenvalue weighted by molar-refractivity contribution is 6.30. The van der Waals surface area contributed by atoms with Gasteiger partial charge in [-0.25, -0.2) is 4.39 Å². The molecular weight excluding hydrogens is 207 g/mol. The molecular formula is C10H12ClFO2. The van der Waals surface area contributed by atoms with E-state index in [4.69, 9.17) is 16.7 Å². The molecule has 4 heteroatoms. The van der Waals surface area contributed by atoms with Gasteiger partial charge in [0.1, 0.15) is 5.82 Å². The summed E-state index contributed by atoms with van der Waals surface area (Å²) in [5.74, 6) is -0.461. The highest BCUT2D eigenvalue weighted by Crippen LogP contribution is 2.16. The molecule has 1 rings (SSSR count). The van der Waals surface area contributed by atoms with E-state index in [2.05, 4.69) is 0 Å². The van der Waals surface area contributed by atoms with E-state index in [1.165, 1.54) is 19.1 Å². The summed E-state index contributed by atoms with van der Waals surface area (Å²) in [6.07, 6.45) is -1.74. The Kier molecular flexibility index (Phi) is 3.86. The first-order valence-electron chi connectivity index (χ1n) is 4.30. The molecule has 0 aliphatic rings. The average Bonchev–Trinajstić information content (AvgIpc) is 2.09. The first kappa shape index (κ1) is 11.4. The van der Waals surface area contributed by atoms with Gasteiger partial charge in [0.15, 0.2) is 0 Å². The second-order valence-electron chi connectivity index (χ2n) is 3.25. The second-order valence-corrected chi connectivity index (χ2v) is 3.68. The highest BCUT2D eigenvalue weighted by Gasteiger charge is 2.14. The average molecular weight is 219 g/mol. The van der Waals surface area contributed by atoms with Gasteiger partial charge in [0.05, 0.1) is 12.2 Å². The molecule has 0 bridgehead atoms. The van der Waals surface area contributed by atoms with Crippen molar-refractivity contribution in [2.45, 2.75) is 25.6 Å². The van der Waals surface area contributed by atoms with Crippen molar-refractivity contribution >= 4 is 11.6 Å². The Labute approximate surface area is 86.9 Å². The molecule has 0 radical (unpaired) electrons. The predicted molar refractivity (Wildman–Crippen MR) is 52.8 cm³/mol. The number of benzene rings is 1. The maximum absolute atomic E-state index is 13.2. The summed E-state index contributed by atoms with van der Waals surface area (Å²) in [7, 11) is 0. The van der Waals surface area contributed by atoms with Crippen LogP contribution in [0.1, 0.15) is 12.5 Å². The zero-order chi connectivity index (χ0) is 10.7. The molecule has 2 atom stereocenters. The lowest BCUT2D eigenvalue weighted by Crippen LogP contribution is -2.25. The van der Waals surface area contributed by atoms with Crippen LogP contribution < -0.4 is 0 Å². The summed E-state index contributed by atoms with van der Waals surface area (Å²) < 4.78 is 13.2. The van der Waals surface area contributed by atoms with Gasteiger partial charge in [-0.05, 0) is 24.6 Å². The summed E-state index contributed by atoms with van der Waals surface area (Å²) in [6.45, 7) is 1.46. The lowest BCUT2D eigenvalue weighted by atomic mass is 10.0. The molecule has 0 heterocycles. The van der Waals surface area contributed by atoms with Gasteiger partial charge in [-0.15, -0.1) is 0 Å². The van der Waals surface area contributed by atoms with Crippen LogP contribution in [-0.4, -0.2) is 22.4 Å². The fraction of sp³-hybridized carbons (Fsp3) is 0.400. The number of aliphatic hydroxyl groups excluding tert-OH is 2.